The van der Waals surface area contributed by atoms with Crippen LogP contribution in [-0.2, 0) is 39.9 Å². The van der Waals surface area contributed by atoms with Crippen molar-refractivity contribution in [3.05, 3.63) is 35.9 Å². The zero-order valence-corrected chi connectivity index (χ0v) is 28.8. The number of primary amides is 1. The highest BCUT2D eigenvalue weighted by Crippen LogP contribution is 2.14. The molecule has 0 heterocycles. The predicted molar refractivity (Wildman–Crippen MR) is 184 cm³/mol. The monoisotopic (exact) mass is 694 g/mol. The molecule has 0 spiro atoms. The Hall–Kier alpha value is -3.65. The average molecular weight is 695 g/mol. The molecule has 1 aromatic rings. The lowest BCUT2D eigenvalue weighted by Crippen LogP contribution is -2.53. The number of carbonyl (C=O) groups excluding carboxylic acids is 4. The molecular formula is C34H54N4O9S. The number of rotatable bonds is 28. The molecule has 0 bridgehead atoms. The van der Waals surface area contributed by atoms with Gasteiger partial charge in [-0.1, -0.05) is 101 Å². The van der Waals surface area contributed by atoms with Crippen molar-refractivity contribution in [3.8, 4) is 0 Å². The molecule has 0 saturated heterocycles. The first-order chi connectivity index (χ1) is 22.9. The second-order valence-corrected chi connectivity index (χ2v) is 13.0. The van der Waals surface area contributed by atoms with Crippen LogP contribution in [0.3, 0.4) is 0 Å². The van der Waals surface area contributed by atoms with Gasteiger partial charge in [-0.2, -0.15) is 11.8 Å². The molecule has 8 N–H and O–H groups in total. The summed E-state index contributed by atoms with van der Waals surface area (Å²) in [5.41, 5.74) is 11.5. The molecular weight excluding hydrogens is 640 g/mol. The minimum Gasteiger partial charge on any atom is -0.480 e. The Kier molecular flexibility index (Phi) is 22.4. The van der Waals surface area contributed by atoms with Gasteiger partial charge in [0.15, 0.2) is 0 Å². The van der Waals surface area contributed by atoms with E-state index in [2.05, 4.69) is 17.6 Å². The van der Waals surface area contributed by atoms with Gasteiger partial charge < -0.3 is 37.1 Å². The Morgan fingerprint density at radius 3 is 1.90 bits per heavy atom. The normalized spacial score (nSPS) is 13.5. The molecule has 48 heavy (non-hydrogen) atoms. The number of ether oxygens (including phenoxy) is 1. The summed E-state index contributed by atoms with van der Waals surface area (Å²) in [6.07, 6.45) is 10.6. The number of carboxylic acids is 2. The molecule has 0 aromatic heterocycles. The maximum atomic E-state index is 13.5. The second kappa shape index (κ2) is 25.4. The van der Waals surface area contributed by atoms with Gasteiger partial charge in [-0.15, -0.1) is 0 Å². The van der Waals surface area contributed by atoms with E-state index in [1.165, 1.54) is 44.9 Å². The molecule has 0 unspecified atom stereocenters. The zero-order valence-electron chi connectivity index (χ0n) is 28.0. The number of carbonyl (C=O) groups is 6. The van der Waals surface area contributed by atoms with E-state index in [1.54, 1.807) is 24.3 Å². The number of esters is 1. The Labute approximate surface area is 287 Å². The maximum Gasteiger partial charge on any atom is 0.345 e. The SMILES string of the molecule is CCCCCCCCCCCCCC(=O)N[C@@H](Cc1ccccc1)C(=O)N[C@H](CCC(N)=O)C(=O)O[C@H](CSC[C@H](N)C(=O)O)C(=O)O. The number of amides is 3. The van der Waals surface area contributed by atoms with Crippen molar-refractivity contribution in [2.45, 2.75) is 127 Å². The summed E-state index contributed by atoms with van der Waals surface area (Å²) in [6.45, 7) is 2.21. The number of nitrogens with two attached hydrogens (primary N) is 2. The number of thioether (sulfide) groups is 1. The van der Waals surface area contributed by atoms with E-state index >= 15 is 0 Å². The molecule has 13 nitrogen and oxygen atoms in total. The largest absolute Gasteiger partial charge is 0.480 e. The van der Waals surface area contributed by atoms with Gasteiger partial charge in [0.1, 0.15) is 18.1 Å². The van der Waals surface area contributed by atoms with Gasteiger partial charge in [0.2, 0.25) is 23.8 Å². The van der Waals surface area contributed by atoms with Crippen molar-refractivity contribution in [1.82, 2.24) is 10.6 Å². The van der Waals surface area contributed by atoms with Crippen LogP contribution < -0.4 is 22.1 Å². The van der Waals surface area contributed by atoms with Crippen molar-refractivity contribution >= 4 is 47.4 Å². The third kappa shape index (κ3) is 19.9. The van der Waals surface area contributed by atoms with E-state index in [9.17, 15) is 33.9 Å². The molecule has 1 aromatic carbocycles. The summed E-state index contributed by atoms with van der Waals surface area (Å²) >= 11 is 0.868. The quantitative estimate of drug-likeness (QED) is 0.0551. The van der Waals surface area contributed by atoms with Gasteiger partial charge in [-0.3, -0.25) is 19.2 Å². The van der Waals surface area contributed by atoms with E-state index in [1.807, 2.05) is 6.07 Å². The lowest BCUT2D eigenvalue weighted by atomic mass is 10.0. The van der Waals surface area contributed by atoms with Crippen LogP contribution in [-0.4, -0.2) is 81.6 Å². The third-order valence-corrected chi connectivity index (χ3v) is 8.77. The fourth-order valence-electron chi connectivity index (χ4n) is 4.83. The molecule has 1 rings (SSSR count). The third-order valence-electron chi connectivity index (χ3n) is 7.64. The van der Waals surface area contributed by atoms with E-state index in [4.69, 9.17) is 21.3 Å². The first kappa shape index (κ1) is 42.4. The van der Waals surface area contributed by atoms with Crippen LogP contribution in [0.5, 0.6) is 0 Å². The molecule has 3 amide bonds. The molecule has 0 aliphatic rings. The van der Waals surface area contributed by atoms with E-state index < -0.39 is 54.0 Å². The molecule has 14 heteroatoms. The Balaban J connectivity index is 2.82. The molecule has 0 saturated carbocycles. The topological polar surface area (TPSA) is 228 Å². The maximum absolute atomic E-state index is 13.5. The van der Waals surface area contributed by atoms with Crippen molar-refractivity contribution in [1.29, 1.82) is 0 Å². The van der Waals surface area contributed by atoms with E-state index in [-0.39, 0.29) is 43.1 Å². The summed E-state index contributed by atoms with van der Waals surface area (Å²) in [6, 6.07) is 5.22. The molecule has 0 fully saturated rings. The van der Waals surface area contributed by atoms with Crippen LogP contribution in [0, 0.1) is 0 Å². The van der Waals surface area contributed by atoms with Crippen molar-refractivity contribution in [2.75, 3.05) is 11.5 Å². The Bertz CT molecular complexity index is 1140. The van der Waals surface area contributed by atoms with Crippen LogP contribution in [0.2, 0.25) is 0 Å². The number of hydrogen-bond acceptors (Lipinski definition) is 9. The minimum absolute atomic E-state index is 0.118. The fraction of sp³-hybridized carbons (Fsp3) is 0.647. The van der Waals surface area contributed by atoms with Crippen LogP contribution in [0.1, 0.15) is 102 Å². The van der Waals surface area contributed by atoms with E-state index in [0.29, 0.717) is 6.42 Å². The van der Waals surface area contributed by atoms with Crippen molar-refractivity contribution in [3.63, 3.8) is 0 Å². The van der Waals surface area contributed by atoms with Crippen LogP contribution >= 0.6 is 11.8 Å². The number of hydrogen-bond donors (Lipinski definition) is 6. The smallest absolute Gasteiger partial charge is 0.345 e. The number of benzene rings is 1. The van der Waals surface area contributed by atoms with Gasteiger partial charge >= 0.3 is 17.9 Å². The predicted octanol–water partition coefficient (Wildman–Crippen LogP) is 3.31. The highest BCUT2D eigenvalue weighted by Gasteiger charge is 2.32. The van der Waals surface area contributed by atoms with Gasteiger partial charge in [0.25, 0.3) is 0 Å². The van der Waals surface area contributed by atoms with Crippen LogP contribution in [0.25, 0.3) is 0 Å². The molecule has 270 valence electrons. The lowest BCUT2D eigenvalue weighted by Gasteiger charge is -2.24. The Morgan fingerprint density at radius 1 is 0.771 bits per heavy atom. The van der Waals surface area contributed by atoms with Crippen LogP contribution in [0.15, 0.2) is 30.3 Å². The first-order valence-electron chi connectivity index (χ1n) is 16.9. The molecule has 0 aliphatic carbocycles. The highest BCUT2D eigenvalue weighted by atomic mass is 32.2. The average Bonchev–Trinajstić information content (AvgIpc) is 3.04. The number of aliphatic carboxylic acids is 2. The molecule has 4 atom stereocenters. The standard InChI is InChI=1S/C34H54N4O9S/c1-2-3-4-5-6-7-8-9-10-11-15-18-30(40)37-27(21-24-16-13-12-14-17-24)31(41)38-26(19-20-29(36)39)34(46)47-28(33(44)45)23-48-22-25(35)32(42)43/h12-14,16-17,25-28H,2-11,15,18-23,35H2,1H3,(H2,36,39)(H,37,40)(H,38,41)(H,42,43)(H,44,45)/t25-,26+,27-,28+/m0/s1. The fourth-order valence-corrected chi connectivity index (χ4v) is 5.79. The van der Waals surface area contributed by atoms with Crippen LogP contribution in [0.4, 0.5) is 0 Å². The first-order valence-corrected chi connectivity index (χ1v) is 18.0. The summed E-state index contributed by atoms with van der Waals surface area (Å²) in [7, 11) is 0. The number of carboxylic acid groups (broad SMARTS) is 2. The summed E-state index contributed by atoms with van der Waals surface area (Å²) in [4.78, 5) is 73.7. The van der Waals surface area contributed by atoms with Gasteiger partial charge in [0.05, 0.1) is 0 Å². The lowest BCUT2D eigenvalue weighted by molar-refractivity contribution is -0.164. The Morgan fingerprint density at radius 2 is 1.35 bits per heavy atom. The van der Waals surface area contributed by atoms with Gasteiger partial charge in [-0.25, -0.2) is 9.59 Å². The number of unbranched alkanes of at least 4 members (excludes halogenated alkanes) is 10. The summed E-state index contributed by atoms with van der Waals surface area (Å²) in [5.74, 6) is -6.09. The van der Waals surface area contributed by atoms with Crippen molar-refractivity contribution < 1.29 is 43.7 Å². The van der Waals surface area contributed by atoms with Gasteiger partial charge in [-0.05, 0) is 18.4 Å². The van der Waals surface area contributed by atoms with Gasteiger partial charge in [0, 0.05) is 30.8 Å². The number of nitrogens with one attached hydrogen (secondary N) is 2. The second-order valence-electron chi connectivity index (χ2n) is 11.9. The highest BCUT2D eigenvalue weighted by molar-refractivity contribution is 7.99. The molecule has 0 aliphatic heterocycles. The van der Waals surface area contributed by atoms with E-state index in [0.717, 1.165) is 36.6 Å². The summed E-state index contributed by atoms with van der Waals surface area (Å²) < 4.78 is 5.15. The zero-order chi connectivity index (χ0) is 35.7. The molecule has 0 radical (unpaired) electrons. The summed E-state index contributed by atoms with van der Waals surface area (Å²) in [5, 5.41) is 23.8. The minimum atomic E-state index is -1.68. The van der Waals surface area contributed by atoms with Crippen molar-refractivity contribution in [2.24, 2.45) is 11.5 Å².